The van der Waals surface area contributed by atoms with Crippen molar-refractivity contribution < 1.29 is 21.9 Å². The largest absolute Gasteiger partial charge is 1.00 e. The van der Waals surface area contributed by atoms with E-state index in [-0.39, 0.29) is 30.4 Å². The standard InChI is InChI=1S/C19H29NO2.ClH/c1-20(2)11-13-12-3-5-18(7-8-18)14-4-6-19(9-10-19)15(14)16(12)22-17(13)21;/h12-16H,3-11H2,1-2H3;1H/p-1/t12-,13-,14+,15-,16-;/m0./s1. The molecule has 1 saturated heterocycles. The first-order chi connectivity index (χ1) is 10.5. The fourth-order valence-electron chi connectivity index (χ4n) is 6.67. The van der Waals surface area contributed by atoms with Crippen molar-refractivity contribution in [1.82, 2.24) is 4.90 Å². The van der Waals surface area contributed by atoms with Gasteiger partial charge in [0.1, 0.15) is 6.10 Å². The Balaban J connectivity index is 0.00000135. The molecule has 1 aliphatic heterocycles. The summed E-state index contributed by atoms with van der Waals surface area (Å²) in [6, 6.07) is 0. The third-order valence-electron chi connectivity index (χ3n) is 8.05. The summed E-state index contributed by atoms with van der Waals surface area (Å²) in [5.74, 6) is 2.32. The van der Waals surface area contributed by atoms with Gasteiger partial charge < -0.3 is 22.0 Å². The summed E-state index contributed by atoms with van der Waals surface area (Å²) in [5.41, 5.74) is 1.25. The summed E-state index contributed by atoms with van der Waals surface area (Å²) in [5, 5.41) is 0. The first kappa shape index (κ1) is 16.2. The second-order valence-electron chi connectivity index (χ2n) is 9.37. The lowest BCUT2D eigenvalue weighted by atomic mass is 9.73. The normalized spacial score (nSPS) is 44.5. The molecule has 0 amide bonds. The van der Waals surface area contributed by atoms with Crippen LogP contribution in [0.2, 0.25) is 0 Å². The molecule has 0 aromatic heterocycles. The average Bonchev–Trinajstić information content (AvgIpc) is 3.34. The van der Waals surface area contributed by atoms with Crippen LogP contribution in [0.15, 0.2) is 0 Å². The number of ether oxygens (including phenoxy) is 1. The van der Waals surface area contributed by atoms with E-state index in [0.29, 0.717) is 22.7 Å². The molecule has 0 N–H and O–H groups in total. The van der Waals surface area contributed by atoms with Gasteiger partial charge in [-0.25, -0.2) is 0 Å². The Hall–Kier alpha value is -0.280. The van der Waals surface area contributed by atoms with Gasteiger partial charge in [0.25, 0.3) is 0 Å². The van der Waals surface area contributed by atoms with E-state index in [0.717, 1.165) is 12.5 Å². The van der Waals surface area contributed by atoms with E-state index < -0.39 is 0 Å². The number of rotatable bonds is 2. The number of halogens is 1. The van der Waals surface area contributed by atoms with Crippen LogP contribution in [0.4, 0.5) is 0 Å². The predicted molar refractivity (Wildman–Crippen MR) is 84.2 cm³/mol. The van der Waals surface area contributed by atoms with Crippen LogP contribution in [0.3, 0.4) is 0 Å². The minimum Gasteiger partial charge on any atom is -1.00 e. The molecule has 5 aliphatic rings. The molecule has 130 valence electrons. The van der Waals surface area contributed by atoms with E-state index in [9.17, 15) is 4.79 Å². The number of carbonyl (C=O) groups is 1. The highest BCUT2D eigenvalue weighted by Crippen LogP contribution is 2.74. The topological polar surface area (TPSA) is 29.5 Å². The zero-order valence-electron chi connectivity index (χ0n) is 14.4. The van der Waals surface area contributed by atoms with Crippen LogP contribution in [0.25, 0.3) is 0 Å². The van der Waals surface area contributed by atoms with Crippen molar-refractivity contribution in [2.75, 3.05) is 20.6 Å². The van der Waals surface area contributed by atoms with Crippen LogP contribution in [0, 0.1) is 34.5 Å². The zero-order chi connectivity index (χ0) is 15.1. The molecule has 0 bridgehead atoms. The number of fused-ring (bicyclic) bond motifs is 5. The lowest BCUT2D eigenvalue weighted by Gasteiger charge is -2.33. The highest BCUT2D eigenvalue weighted by Gasteiger charge is 2.69. The second kappa shape index (κ2) is 5.11. The molecular formula is C19H29ClNO2-. The van der Waals surface area contributed by atoms with E-state index >= 15 is 0 Å². The van der Waals surface area contributed by atoms with Crippen molar-refractivity contribution in [3.63, 3.8) is 0 Å². The fourth-order valence-corrected chi connectivity index (χ4v) is 6.67. The molecule has 4 saturated carbocycles. The molecule has 23 heavy (non-hydrogen) atoms. The molecule has 5 rings (SSSR count). The van der Waals surface area contributed by atoms with Crippen LogP contribution in [0.1, 0.15) is 51.4 Å². The van der Waals surface area contributed by atoms with Crippen LogP contribution < -0.4 is 12.4 Å². The van der Waals surface area contributed by atoms with Crippen molar-refractivity contribution in [3.05, 3.63) is 0 Å². The smallest absolute Gasteiger partial charge is 0.310 e. The van der Waals surface area contributed by atoms with Gasteiger partial charge in [0.15, 0.2) is 0 Å². The van der Waals surface area contributed by atoms with Crippen molar-refractivity contribution in [2.24, 2.45) is 34.5 Å². The monoisotopic (exact) mass is 338 g/mol. The van der Waals surface area contributed by atoms with Crippen molar-refractivity contribution >= 4 is 5.97 Å². The fraction of sp³-hybridized carbons (Fsp3) is 0.947. The number of carbonyl (C=O) groups excluding carboxylic acids is 1. The number of nitrogens with zero attached hydrogens (tertiary/aromatic N) is 1. The summed E-state index contributed by atoms with van der Waals surface area (Å²) in [4.78, 5) is 14.7. The van der Waals surface area contributed by atoms with Gasteiger partial charge in [-0.3, -0.25) is 4.79 Å². The first-order valence-electron chi connectivity index (χ1n) is 9.40. The molecule has 0 unspecified atom stereocenters. The highest BCUT2D eigenvalue weighted by molar-refractivity contribution is 5.75. The lowest BCUT2D eigenvalue weighted by molar-refractivity contribution is -0.147. The van der Waals surface area contributed by atoms with Gasteiger partial charge in [-0.15, -0.1) is 0 Å². The Bertz CT molecular complexity index is 511. The molecular weight excluding hydrogens is 310 g/mol. The lowest BCUT2D eigenvalue weighted by Crippen LogP contribution is -3.00. The number of hydrogen-bond acceptors (Lipinski definition) is 3. The SMILES string of the molecule is CN(C)C[C@@H]1C(=O)O[C@H]2[C@H]1CCC1(CC1)[C@@H]1CCC3(CC3)[C@H]21.[Cl-]. The molecule has 5 fully saturated rings. The second-order valence-corrected chi connectivity index (χ2v) is 9.37. The van der Waals surface area contributed by atoms with Crippen molar-refractivity contribution in [3.8, 4) is 0 Å². The minimum atomic E-state index is 0. The van der Waals surface area contributed by atoms with E-state index in [2.05, 4.69) is 19.0 Å². The van der Waals surface area contributed by atoms with Crippen molar-refractivity contribution in [2.45, 2.75) is 57.5 Å². The zero-order valence-corrected chi connectivity index (χ0v) is 15.1. The number of esters is 1. The third kappa shape index (κ3) is 2.22. The molecule has 5 atom stereocenters. The van der Waals surface area contributed by atoms with Crippen LogP contribution in [-0.2, 0) is 9.53 Å². The molecule has 2 spiro atoms. The first-order valence-corrected chi connectivity index (χ1v) is 9.40. The van der Waals surface area contributed by atoms with E-state index in [1.807, 2.05) is 0 Å². The van der Waals surface area contributed by atoms with E-state index in [4.69, 9.17) is 4.74 Å². The molecule has 1 heterocycles. The molecule has 4 heteroatoms. The van der Waals surface area contributed by atoms with Crippen LogP contribution in [-0.4, -0.2) is 37.6 Å². The number of hydrogen-bond donors (Lipinski definition) is 0. The Kier molecular flexibility index (Phi) is 3.60. The van der Waals surface area contributed by atoms with Gasteiger partial charge in [0.05, 0.1) is 5.92 Å². The maximum absolute atomic E-state index is 12.5. The van der Waals surface area contributed by atoms with Gasteiger partial charge in [0.2, 0.25) is 0 Å². The van der Waals surface area contributed by atoms with E-state index in [1.165, 1.54) is 51.4 Å². The summed E-state index contributed by atoms with van der Waals surface area (Å²) >= 11 is 0. The van der Waals surface area contributed by atoms with Gasteiger partial charge in [-0.1, -0.05) is 0 Å². The van der Waals surface area contributed by atoms with Gasteiger partial charge >= 0.3 is 5.97 Å². The maximum atomic E-state index is 12.5. The molecule has 3 nitrogen and oxygen atoms in total. The Morgan fingerprint density at radius 2 is 1.70 bits per heavy atom. The molecule has 0 radical (unpaired) electrons. The summed E-state index contributed by atoms with van der Waals surface area (Å²) in [6.07, 6.45) is 11.4. The average molecular weight is 339 g/mol. The molecule has 0 aromatic rings. The quantitative estimate of drug-likeness (QED) is 0.668. The van der Waals surface area contributed by atoms with Gasteiger partial charge in [-0.2, -0.15) is 0 Å². The summed E-state index contributed by atoms with van der Waals surface area (Å²) in [7, 11) is 4.17. The molecule has 4 aliphatic carbocycles. The summed E-state index contributed by atoms with van der Waals surface area (Å²) < 4.78 is 6.10. The highest BCUT2D eigenvalue weighted by atomic mass is 35.5. The van der Waals surface area contributed by atoms with E-state index in [1.54, 1.807) is 0 Å². The van der Waals surface area contributed by atoms with Gasteiger partial charge in [0, 0.05) is 18.4 Å². The van der Waals surface area contributed by atoms with Crippen LogP contribution in [0.5, 0.6) is 0 Å². The molecule has 0 aromatic carbocycles. The third-order valence-corrected chi connectivity index (χ3v) is 8.05. The predicted octanol–water partition coefficient (Wildman–Crippen LogP) is 0.0902. The van der Waals surface area contributed by atoms with Crippen LogP contribution >= 0.6 is 0 Å². The maximum Gasteiger partial charge on any atom is 0.310 e. The van der Waals surface area contributed by atoms with Gasteiger partial charge in [-0.05, 0) is 82.2 Å². The Morgan fingerprint density at radius 1 is 1.04 bits per heavy atom. The Morgan fingerprint density at radius 3 is 2.30 bits per heavy atom. The Labute approximate surface area is 145 Å². The van der Waals surface area contributed by atoms with Crippen molar-refractivity contribution in [1.29, 1.82) is 0 Å². The summed E-state index contributed by atoms with van der Waals surface area (Å²) in [6.45, 7) is 0.872. The minimum absolute atomic E-state index is 0.